The number of esters is 1. The lowest BCUT2D eigenvalue weighted by Gasteiger charge is -2.11. The number of carbonyl (C=O) groups is 2. The quantitative estimate of drug-likeness (QED) is 0.732. The molecule has 0 aliphatic rings. The average Bonchev–Trinajstić information content (AvgIpc) is 3.07. The third-order valence-electron chi connectivity index (χ3n) is 3.13. The Morgan fingerprint density at radius 1 is 1.17 bits per heavy atom. The van der Waals surface area contributed by atoms with E-state index in [1.807, 2.05) is 6.07 Å². The van der Waals surface area contributed by atoms with Crippen LogP contribution in [0, 0.1) is 0 Å². The van der Waals surface area contributed by atoms with Crippen molar-refractivity contribution in [2.45, 2.75) is 19.9 Å². The van der Waals surface area contributed by atoms with Crippen LogP contribution in [0.2, 0.25) is 0 Å². The SMILES string of the molecule is CCOC(=O)c1ccccc1NCCC(=O)NCc1ccco1. The van der Waals surface area contributed by atoms with Gasteiger partial charge in [0.15, 0.2) is 0 Å². The Kier molecular flexibility index (Phi) is 6.23. The fraction of sp³-hybridized carbons (Fsp3) is 0.294. The van der Waals surface area contributed by atoms with Gasteiger partial charge in [0.25, 0.3) is 0 Å². The summed E-state index contributed by atoms with van der Waals surface area (Å²) in [7, 11) is 0. The van der Waals surface area contributed by atoms with E-state index in [4.69, 9.17) is 9.15 Å². The van der Waals surface area contributed by atoms with Crippen LogP contribution in [0.25, 0.3) is 0 Å². The molecule has 6 heteroatoms. The third-order valence-corrected chi connectivity index (χ3v) is 3.13. The van der Waals surface area contributed by atoms with Crippen LogP contribution < -0.4 is 10.6 Å². The van der Waals surface area contributed by atoms with Crippen LogP contribution in [0.5, 0.6) is 0 Å². The van der Waals surface area contributed by atoms with Crippen molar-refractivity contribution in [3.05, 3.63) is 54.0 Å². The van der Waals surface area contributed by atoms with Gasteiger partial charge in [-0.15, -0.1) is 0 Å². The number of amides is 1. The van der Waals surface area contributed by atoms with Crippen LogP contribution in [0.3, 0.4) is 0 Å². The molecule has 122 valence electrons. The highest BCUT2D eigenvalue weighted by Crippen LogP contribution is 2.16. The van der Waals surface area contributed by atoms with Crippen molar-refractivity contribution >= 4 is 17.6 Å². The summed E-state index contributed by atoms with van der Waals surface area (Å²) in [6.45, 7) is 2.87. The van der Waals surface area contributed by atoms with E-state index in [0.717, 1.165) is 0 Å². The summed E-state index contributed by atoms with van der Waals surface area (Å²) >= 11 is 0. The van der Waals surface area contributed by atoms with E-state index >= 15 is 0 Å². The highest BCUT2D eigenvalue weighted by atomic mass is 16.5. The van der Waals surface area contributed by atoms with E-state index in [0.29, 0.717) is 36.7 Å². The smallest absolute Gasteiger partial charge is 0.340 e. The van der Waals surface area contributed by atoms with E-state index < -0.39 is 0 Å². The molecule has 0 unspecified atom stereocenters. The zero-order valence-corrected chi connectivity index (χ0v) is 13.0. The number of ether oxygens (including phenoxy) is 1. The summed E-state index contributed by atoms with van der Waals surface area (Å²) in [4.78, 5) is 23.6. The van der Waals surface area contributed by atoms with Gasteiger partial charge in [-0.2, -0.15) is 0 Å². The molecular formula is C17H20N2O4. The standard InChI is InChI=1S/C17H20N2O4/c1-2-22-17(21)14-7-3-4-8-15(14)18-10-9-16(20)19-12-13-6-5-11-23-13/h3-8,11,18H,2,9-10,12H2,1H3,(H,19,20). The highest BCUT2D eigenvalue weighted by Gasteiger charge is 2.11. The van der Waals surface area contributed by atoms with E-state index in [-0.39, 0.29) is 18.3 Å². The van der Waals surface area contributed by atoms with Gasteiger partial charge in [-0.25, -0.2) is 4.79 Å². The van der Waals surface area contributed by atoms with Crippen LogP contribution in [-0.2, 0) is 16.1 Å². The molecular weight excluding hydrogens is 296 g/mol. The molecule has 6 nitrogen and oxygen atoms in total. The molecule has 1 heterocycles. The first-order valence-electron chi connectivity index (χ1n) is 7.49. The Morgan fingerprint density at radius 2 is 2.00 bits per heavy atom. The molecule has 0 radical (unpaired) electrons. The number of hydrogen-bond acceptors (Lipinski definition) is 5. The lowest BCUT2D eigenvalue weighted by molar-refractivity contribution is -0.121. The van der Waals surface area contributed by atoms with Gasteiger partial charge < -0.3 is 19.8 Å². The zero-order valence-electron chi connectivity index (χ0n) is 13.0. The van der Waals surface area contributed by atoms with Crippen LogP contribution in [0.4, 0.5) is 5.69 Å². The molecule has 1 aromatic heterocycles. The molecule has 2 aromatic rings. The molecule has 23 heavy (non-hydrogen) atoms. The van der Waals surface area contributed by atoms with Crippen molar-refractivity contribution in [3.8, 4) is 0 Å². The van der Waals surface area contributed by atoms with E-state index in [9.17, 15) is 9.59 Å². The van der Waals surface area contributed by atoms with Gasteiger partial charge in [-0.05, 0) is 31.2 Å². The first kappa shape index (κ1) is 16.6. The average molecular weight is 316 g/mol. The molecule has 1 amide bonds. The molecule has 2 N–H and O–H groups in total. The van der Waals surface area contributed by atoms with Gasteiger partial charge in [0.2, 0.25) is 5.91 Å². The first-order chi connectivity index (χ1) is 11.2. The number of para-hydroxylation sites is 1. The number of benzene rings is 1. The Balaban J connectivity index is 1.79. The summed E-state index contributed by atoms with van der Waals surface area (Å²) < 4.78 is 10.1. The normalized spacial score (nSPS) is 10.1. The maximum atomic E-state index is 11.8. The number of nitrogens with one attached hydrogen (secondary N) is 2. The monoisotopic (exact) mass is 316 g/mol. The van der Waals surface area contributed by atoms with Crippen LogP contribution in [0.1, 0.15) is 29.5 Å². The molecule has 1 aromatic carbocycles. The van der Waals surface area contributed by atoms with Gasteiger partial charge in [0.1, 0.15) is 5.76 Å². The number of anilines is 1. The maximum absolute atomic E-state index is 11.8. The Hall–Kier alpha value is -2.76. The molecule has 2 rings (SSSR count). The molecule has 0 aliphatic carbocycles. The van der Waals surface area contributed by atoms with Crippen LogP contribution in [0.15, 0.2) is 47.1 Å². The van der Waals surface area contributed by atoms with Gasteiger partial charge in [0.05, 0.1) is 25.0 Å². The summed E-state index contributed by atoms with van der Waals surface area (Å²) in [5.41, 5.74) is 1.12. The number of hydrogen-bond donors (Lipinski definition) is 2. The number of rotatable bonds is 8. The van der Waals surface area contributed by atoms with Crippen molar-refractivity contribution in [2.24, 2.45) is 0 Å². The maximum Gasteiger partial charge on any atom is 0.340 e. The Bertz CT molecular complexity index is 638. The number of carbonyl (C=O) groups excluding carboxylic acids is 2. The van der Waals surface area contributed by atoms with Crippen molar-refractivity contribution in [1.82, 2.24) is 5.32 Å². The minimum absolute atomic E-state index is 0.0949. The minimum atomic E-state index is -0.377. The predicted octanol–water partition coefficient (Wildman–Crippen LogP) is 2.57. The lowest BCUT2D eigenvalue weighted by atomic mass is 10.1. The van der Waals surface area contributed by atoms with E-state index in [1.54, 1.807) is 43.5 Å². The van der Waals surface area contributed by atoms with E-state index in [1.165, 1.54) is 0 Å². The van der Waals surface area contributed by atoms with Gasteiger partial charge in [-0.1, -0.05) is 12.1 Å². The van der Waals surface area contributed by atoms with E-state index in [2.05, 4.69) is 10.6 Å². The highest BCUT2D eigenvalue weighted by molar-refractivity contribution is 5.95. The van der Waals surface area contributed by atoms with Gasteiger partial charge in [-0.3, -0.25) is 4.79 Å². The summed E-state index contributed by atoms with van der Waals surface area (Å²) in [6.07, 6.45) is 1.85. The first-order valence-corrected chi connectivity index (χ1v) is 7.49. The summed E-state index contributed by atoms with van der Waals surface area (Å²) in [5.74, 6) is 0.236. The second-order valence-electron chi connectivity index (χ2n) is 4.80. The van der Waals surface area contributed by atoms with Gasteiger partial charge in [0, 0.05) is 18.7 Å². The van der Waals surface area contributed by atoms with Crippen molar-refractivity contribution in [1.29, 1.82) is 0 Å². The topological polar surface area (TPSA) is 80.6 Å². The number of furan rings is 1. The van der Waals surface area contributed by atoms with Crippen molar-refractivity contribution < 1.29 is 18.7 Å². The van der Waals surface area contributed by atoms with Crippen LogP contribution in [-0.4, -0.2) is 25.0 Å². The molecule has 0 spiro atoms. The predicted molar refractivity (Wildman–Crippen MR) is 86.1 cm³/mol. The second kappa shape index (κ2) is 8.63. The second-order valence-corrected chi connectivity index (χ2v) is 4.80. The molecule has 0 saturated heterocycles. The lowest BCUT2D eigenvalue weighted by Crippen LogP contribution is -2.25. The largest absolute Gasteiger partial charge is 0.467 e. The van der Waals surface area contributed by atoms with Crippen LogP contribution >= 0.6 is 0 Å². The third kappa shape index (κ3) is 5.18. The minimum Gasteiger partial charge on any atom is -0.467 e. The van der Waals surface area contributed by atoms with Crippen molar-refractivity contribution in [2.75, 3.05) is 18.5 Å². The molecule has 0 bridgehead atoms. The Labute approximate surface area is 134 Å². The summed E-state index contributed by atoms with van der Waals surface area (Å²) in [5, 5.41) is 5.86. The van der Waals surface area contributed by atoms with Gasteiger partial charge >= 0.3 is 5.97 Å². The molecule has 0 atom stereocenters. The molecule has 0 fully saturated rings. The van der Waals surface area contributed by atoms with Crippen molar-refractivity contribution in [3.63, 3.8) is 0 Å². The fourth-order valence-electron chi connectivity index (χ4n) is 2.02. The molecule has 0 aliphatic heterocycles. The fourth-order valence-corrected chi connectivity index (χ4v) is 2.02. The Morgan fingerprint density at radius 3 is 2.74 bits per heavy atom. The zero-order chi connectivity index (χ0) is 16.5. The molecule has 0 saturated carbocycles. The summed E-state index contributed by atoms with van der Waals surface area (Å²) in [6, 6.07) is 10.6.